The van der Waals surface area contributed by atoms with Crippen LogP contribution in [0.2, 0.25) is 0 Å². The van der Waals surface area contributed by atoms with E-state index in [0.717, 1.165) is 31.9 Å². The third-order valence-electron chi connectivity index (χ3n) is 4.55. The summed E-state index contributed by atoms with van der Waals surface area (Å²) < 4.78 is 0. The maximum Gasteiger partial charge on any atom is 0.274 e. The molecule has 3 N–H and O–H groups in total. The maximum absolute atomic E-state index is 11.3. The van der Waals surface area contributed by atoms with E-state index in [1.54, 1.807) is 18.2 Å². The minimum atomic E-state index is -0.679. The number of nitrogens with two attached hydrogens (primary N) is 1. The van der Waals surface area contributed by atoms with Crippen molar-refractivity contribution >= 4 is 17.3 Å². The number of phenolic OH excluding ortho intramolecular Hbond substituents is 1. The molecule has 1 amide bonds. The van der Waals surface area contributed by atoms with E-state index < -0.39 is 10.8 Å². The average Bonchev–Trinajstić information content (AvgIpc) is 2.63. The van der Waals surface area contributed by atoms with Gasteiger partial charge in [0.2, 0.25) is 5.91 Å². The predicted molar refractivity (Wildman–Crippen MR) is 97.2 cm³/mol. The number of amides is 1. The molecule has 1 saturated heterocycles. The molecule has 26 heavy (non-hydrogen) atoms. The molecule has 1 aliphatic rings. The van der Waals surface area contributed by atoms with E-state index >= 15 is 0 Å². The zero-order chi connectivity index (χ0) is 18.7. The third-order valence-corrected chi connectivity index (χ3v) is 4.55. The molecular weight excluding hydrogens is 336 g/mol. The number of nitrogens with zero attached hydrogens (tertiary/aromatic N) is 3. The molecule has 2 aromatic carbocycles. The van der Waals surface area contributed by atoms with Crippen molar-refractivity contribution in [3.63, 3.8) is 0 Å². The number of carbonyl (C=O) groups is 1. The van der Waals surface area contributed by atoms with Crippen LogP contribution in [0.15, 0.2) is 42.5 Å². The van der Waals surface area contributed by atoms with Crippen molar-refractivity contribution in [3.05, 3.63) is 63.7 Å². The van der Waals surface area contributed by atoms with Crippen LogP contribution >= 0.6 is 0 Å². The Hall–Kier alpha value is -3.13. The van der Waals surface area contributed by atoms with Crippen LogP contribution in [0.4, 0.5) is 11.4 Å². The topological polar surface area (TPSA) is 113 Å². The summed E-state index contributed by atoms with van der Waals surface area (Å²) in [6.07, 6.45) is 0. The van der Waals surface area contributed by atoms with Crippen molar-refractivity contribution in [1.29, 1.82) is 0 Å². The van der Waals surface area contributed by atoms with Gasteiger partial charge in [0.25, 0.3) is 5.69 Å². The SMILES string of the molecule is NC(=O)c1ccc(CN2CCN(c3ccc(O)cc3)CC2)c([N+](=O)[O-])c1. The number of hydrogen-bond donors (Lipinski definition) is 2. The van der Waals surface area contributed by atoms with Gasteiger partial charge in [0.05, 0.1) is 4.92 Å². The zero-order valence-electron chi connectivity index (χ0n) is 14.2. The standard InChI is InChI=1S/C18H20N4O4/c19-18(24)13-1-2-14(17(11-13)22(25)26)12-20-7-9-21(10-8-20)15-3-5-16(23)6-4-15/h1-6,11,23H,7-10,12H2,(H2,19,24). The first-order chi connectivity index (χ1) is 12.4. The van der Waals surface area contributed by atoms with Crippen molar-refractivity contribution < 1.29 is 14.8 Å². The van der Waals surface area contributed by atoms with E-state index in [0.29, 0.717) is 12.1 Å². The first kappa shape index (κ1) is 17.7. The van der Waals surface area contributed by atoms with Gasteiger partial charge in [-0.1, -0.05) is 6.07 Å². The molecule has 0 aromatic heterocycles. The second-order valence-corrected chi connectivity index (χ2v) is 6.24. The molecule has 0 aliphatic carbocycles. The lowest BCUT2D eigenvalue weighted by Crippen LogP contribution is -2.46. The molecule has 8 heteroatoms. The van der Waals surface area contributed by atoms with Crippen LogP contribution in [0.5, 0.6) is 5.75 Å². The number of primary amides is 1. The van der Waals surface area contributed by atoms with Crippen LogP contribution < -0.4 is 10.6 Å². The Morgan fingerprint density at radius 3 is 2.35 bits per heavy atom. The Bertz CT molecular complexity index is 814. The maximum atomic E-state index is 11.3. The summed E-state index contributed by atoms with van der Waals surface area (Å²) in [5.74, 6) is -0.443. The van der Waals surface area contributed by atoms with Crippen molar-refractivity contribution in [3.8, 4) is 5.75 Å². The molecule has 0 spiro atoms. The normalized spacial score (nSPS) is 15.0. The van der Waals surface area contributed by atoms with Gasteiger partial charge < -0.3 is 15.7 Å². The smallest absolute Gasteiger partial charge is 0.274 e. The Labute approximate surface area is 150 Å². The summed E-state index contributed by atoms with van der Waals surface area (Å²) in [5, 5.41) is 20.7. The van der Waals surface area contributed by atoms with Gasteiger partial charge in [0.15, 0.2) is 0 Å². The number of phenols is 1. The fourth-order valence-electron chi connectivity index (χ4n) is 3.09. The van der Waals surface area contributed by atoms with Crippen LogP contribution in [0.1, 0.15) is 15.9 Å². The first-order valence-corrected chi connectivity index (χ1v) is 8.27. The van der Waals surface area contributed by atoms with E-state index in [1.165, 1.54) is 12.1 Å². The molecule has 1 fully saturated rings. The van der Waals surface area contributed by atoms with Crippen LogP contribution in [0, 0.1) is 10.1 Å². The monoisotopic (exact) mass is 356 g/mol. The second-order valence-electron chi connectivity index (χ2n) is 6.24. The minimum Gasteiger partial charge on any atom is -0.508 e. The van der Waals surface area contributed by atoms with Crippen molar-refractivity contribution in [2.45, 2.75) is 6.54 Å². The molecule has 0 bridgehead atoms. The molecule has 2 aromatic rings. The van der Waals surface area contributed by atoms with Gasteiger partial charge in [-0.15, -0.1) is 0 Å². The Balaban J connectivity index is 1.66. The molecule has 0 atom stereocenters. The van der Waals surface area contributed by atoms with E-state index in [1.807, 2.05) is 12.1 Å². The van der Waals surface area contributed by atoms with Gasteiger partial charge in [-0.3, -0.25) is 19.8 Å². The molecule has 1 heterocycles. The van der Waals surface area contributed by atoms with E-state index in [-0.39, 0.29) is 17.0 Å². The van der Waals surface area contributed by atoms with Crippen molar-refractivity contribution in [2.75, 3.05) is 31.1 Å². The number of hydrogen-bond acceptors (Lipinski definition) is 6. The van der Waals surface area contributed by atoms with Crippen molar-refractivity contribution in [1.82, 2.24) is 4.90 Å². The minimum absolute atomic E-state index is 0.0812. The van der Waals surface area contributed by atoms with E-state index in [2.05, 4.69) is 9.80 Å². The molecule has 1 aliphatic heterocycles. The van der Waals surface area contributed by atoms with Crippen molar-refractivity contribution in [2.24, 2.45) is 5.73 Å². The predicted octanol–water partition coefficient (Wildman–Crippen LogP) is 1.72. The summed E-state index contributed by atoms with van der Waals surface area (Å²) in [6.45, 7) is 3.54. The molecule has 8 nitrogen and oxygen atoms in total. The van der Waals surface area contributed by atoms with Crippen LogP contribution in [0.25, 0.3) is 0 Å². The van der Waals surface area contributed by atoms with Gasteiger partial charge >= 0.3 is 0 Å². The van der Waals surface area contributed by atoms with Gasteiger partial charge in [-0.05, 0) is 30.3 Å². The lowest BCUT2D eigenvalue weighted by Gasteiger charge is -2.36. The summed E-state index contributed by atoms with van der Waals surface area (Å²) in [6, 6.07) is 11.4. The Morgan fingerprint density at radius 1 is 1.12 bits per heavy atom. The summed E-state index contributed by atoms with van der Waals surface area (Å²) >= 11 is 0. The van der Waals surface area contributed by atoms with Gasteiger partial charge in [-0.2, -0.15) is 0 Å². The first-order valence-electron chi connectivity index (χ1n) is 8.27. The number of carbonyl (C=O) groups excluding carboxylic acids is 1. The average molecular weight is 356 g/mol. The lowest BCUT2D eigenvalue weighted by atomic mass is 10.1. The lowest BCUT2D eigenvalue weighted by molar-refractivity contribution is -0.385. The van der Waals surface area contributed by atoms with E-state index in [4.69, 9.17) is 5.73 Å². The highest BCUT2D eigenvalue weighted by Gasteiger charge is 2.22. The summed E-state index contributed by atoms with van der Waals surface area (Å²) in [7, 11) is 0. The number of anilines is 1. The summed E-state index contributed by atoms with van der Waals surface area (Å²) in [4.78, 5) is 26.4. The number of piperazine rings is 1. The molecule has 136 valence electrons. The zero-order valence-corrected chi connectivity index (χ0v) is 14.2. The number of rotatable bonds is 5. The van der Waals surface area contributed by atoms with Crippen LogP contribution in [-0.4, -0.2) is 47.0 Å². The van der Waals surface area contributed by atoms with Gasteiger partial charge in [0.1, 0.15) is 5.75 Å². The Morgan fingerprint density at radius 2 is 1.77 bits per heavy atom. The third kappa shape index (κ3) is 3.92. The van der Waals surface area contributed by atoms with Crippen LogP contribution in [-0.2, 0) is 6.54 Å². The number of nitro benzene ring substituents is 1. The largest absolute Gasteiger partial charge is 0.508 e. The highest BCUT2D eigenvalue weighted by atomic mass is 16.6. The van der Waals surface area contributed by atoms with Gasteiger partial charge in [-0.25, -0.2) is 0 Å². The molecule has 3 rings (SSSR count). The van der Waals surface area contributed by atoms with E-state index in [9.17, 15) is 20.0 Å². The quantitative estimate of drug-likeness (QED) is 0.623. The highest BCUT2D eigenvalue weighted by molar-refractivity contribution is 5.93. The molecule has 0 radical (unpaired) electrons. The highest BCUT2D eigenvalue weighted by Crippen LogP contribution is 2.24. The van der Waals surface area contributed by atoms with Crippen LogP contribution in [0.3, 0.4) is 0 Å². The number of aromatic hydroxyl groups is 1. The number of benzene rings is 2. The fraction of sp³-hybridized carbons (Fsp3) is 0.278. The second kappa shape index (κ2) is 7.40. The number of nitro groups is 1. The molecule has 0 unspecified atom stereocenters. The molecular formula is C18H20N4O4. The fourth-order valence-corrected chi connectivity index (χ4v) is 3.09. The van der Waals surface area contributed by atoms with Gasteiger partial charge in [0, 0.05) is 55.6 Å². The summed E-state index contributed by atoms with van der Waals surface area (Å²) in [5.41, 5.74) is 6.87. The Kier molecular flexibility index (Phi) is 5.04. The molecule has 0 saturated carbocycles.